The summed E-state index contributed by atoms with van der Waals surface area (Å²) in [7, 11) is 0. The highest BCUT2D eigenvalue weighted by Crippen LogP contribution is 2.19. The van der Waals surface area contributed by atoms with Crippen molar-refractivity contribution in [1.82, 2.24) is 10.2 Å². The van der Waals surface area contributed by atoms with E-state index in [1.807, 2.05) is 0 Å². The maximum absolute atomic E-state index is 11.3. The third-order valence-electron chi connectivity index (χ3n) is 3.78. The molecule has 1 aromatic rings. The van der Waals surface area contributed by atoms with Crippen LogP contribution in [0.25, 0.3) is 0 Å². The second-order valence-electron chi connectivity index (χ2n) is 6.27. The van der Waals surface area contributed by atoms with Gasteiger partial charge in [-0.25, -0.2) is 0 Å². The van der Waals surface area contributed by atoms with Gasteiger partial charge in [0, 0.05) is 19.1 Å². The van der Waals surface area contributed by atoms with Crippen LogP contribution >= 0.6 is 24.8 Å². The van der Waals surface area contributed by atoms with Crippen molar-refractivity contribution in [2.24, 2.45) is 4.99 Å². The van der Waals surface area contributed by atoms with Crippen molar-refractivity contribution in [3.63, 3.8) is 0 Å². The quantitative estimate of drug-likeness (QED) is 0.430. The molecule has 0 radical (unpaired) electrons. The van der Waals surface area contributed by atoms with E-state index in [1.165, 1.54) is 0 Å². The summed E-state index contributed by atoms with van der Waals surface area (Å²) in [6.07, 6.45) is 0.929. The minimum Gasteiger partial charge on any atom is -0.600 e. The number of ether oxygens (including phenoxy) is 1. The van der Waals surface area contributed by atoms with Gasteiger partial charge in [-0.05, 0) is 34.3 Å². The maximum Gasteiger partial charge on any atom is 0.326 e. The van der Waals surface area contributed by atoms with Crippen LogP contribution in [-0.4, -0.2) is 54.1 Å². The number of aliphatic imine (C=N–C) groups is 1. The summed E-state index contributed by atoms with van der Waals surface area (Å²) >= 11 is 0. The lowest BCUT2D eigenvalue weighted by molar-refractivity contribution is -0.766. The van der Waals surface area contributed by atoms with E-state index in [9.17, 15) is 5.11 Å². The first-order valence-corrected chi connectivity index (χ1v) is 7.62. The van der Waals surface area contributed by atoms with Crippen molar-refractivity contribution in [3.8, 4) is 0 Å². The highest BCUT2D eigenvalue weighted by Gasteiger charge is 2.41. The van der Waals surface area contributed by atoms with E-state index < -0.39 is 6.08 Å². The molecule has 2 heterocycles. The molecule has 0 spiro atoms. The molecule has 10 heteroatoms. The van der Waals surface area contributed by atoms with Crippen LogP contribution in [0.5, 0.6) is 0 Å². The fraction of sp³-hybridized carbons (Fsp3) is 0.786. The van der Waals surface area contributed by atoms with E-state index >= 15 is 0 Å². The number of halogens is 2. The third-order valence-corrected chi connectivity index (χ3v) is 3.78. The predicted molar refractivity (Wildman–Crippen MR) is 93.8 cm³/mol. The van der Waals surface area contributed by atoms with Gasteiger partial charge < -0.3 is 9.84 Å². The van der Waals surface area contributed by atoms with Gasteiger partial charge in [0.15, 0.2) is 6.08 Å². The molecule has 2 rings (SSSR count). The second-order valence-corrected chi connectivity index (χ2v) is 6.27. The molecule has 0 N–H and O–H groups in total. The summed E-state index contributed by atoms with van der Waals surface area (Å²) in [5.74, 6) is 0.139. The van der Waals surface area contributed by atoms with E-state index in [0.717, 1.165) is 19.6 Å². The molecule has 1 aliphatic rings. The molecule has 140 valence electrons. The number of hydrogen-bond donors (Lipinski definition) is 0. The molecule has 8 nitrogen and oxygen atoms in total. The summed E-state index contributed by atoms with van der Waals surface area (Å²) in [5.41, 5.74) is -0.106. The van der Waals surface area contributed by atoms with Gasteiger partial charge in [0.25, 0.3) is 6.20 Å². The topological polar surface area (TPSA) is 81.0 Å². The first-order valence-electron chi connectivity index (χ1n) is 7.62. The van der Waals surface area contributed by atoms with Crippen LogP contribution in [0.4, 0.5) is 5.88 Å². The number of hydrogen-bond acceptors (Lipinski definition) is 7. The summed E-state index contributed by atoms with van der Waals surface area (Å²) in [6.45, 7) is 13.4. The zero-order valence-electron chi connectivity index (χ0n) is 14.8. The number of aromatic nitrogens is 2. The highest BCUT2D eigenvalue weighted by molar-refractivity contribution is 5.85. The van der Waals surface area contributed by atoms with Crippen LogP contribution in [0, 0.1) is 0 Å². The van der Waals surface area contributed by atoms with Crippen LogP contribution in [0.1, 0.15) is 34.6 Å². The Labute approximate surface area is 155 Å². The van der Waals surface area contributed by atoms with E-state index in [1.54, 1.807) is 17.9 Å². The summed E-state index contributed by atoms with van der Waals surface area (Å²) in [6, 6.07) is 0.512. The van der Waals surface area contributed by atoms with Crippen molar-refractivity contribution >= 4 is 36.8 Å². The fourth-order valence-electron chi connectivity index (χ4n) is 2.64. The Bertz CT molecular complexity index is 536. The summed E-state index contributed by atoms with van der Waals surface area (Å²) in [5, 5.41) is 17.4. The van der Waals surface area contributed by atoms with E-state index in [4.69, 9.17) is 9.26 Å². The molecule has 0 amide bonds. The van der Waals surface area contributed by atoms with Gasteiger partial charge >= 0.3 is 5.88 Å². The van der Waals surface area contributed by atoms with Crippen LogP contribution in [0.2, 0.25) is 0 Å². The average Bonchev–Trinajstić information content (AvgIpc) is 2.85. The molecule has 0 aromatic carbocycles. The van der Waals surface area contributed by atoms with Gasteiger partial charge in [-0.3, -0.25) is 9.42 Å². The molecule has 1 aliphatic heterocycles. The highest BCUT2D eigenvalue weighted by atomic mass is 35.5. The predicted octanol–water partition coefficient (Wildman–Crippen LogP) is 0.631. The lowest BCUT2D eigenvalue weighted by Gasteiger charge is -2.43. The van der Waals surface area contributed by atoms with Crippen molar-refractivity contribution in [1.29, 1.82) is 0 Å². The molecule has 0 saturated carbocycles. The number of piperazine rings is 1. The zero-order chi connectivity index (χ0) is 16.3. The Morgan fingerprint density at radius 3 is 2.67 bits per heavy atom. The molecule has 1 fully saturated rings. The monoisotopic (exact) mass is 383 g/mol. The Morgan fingerprint density at radius 2 is 2.12 bits per heavy atom. The molecule has 0 aliphatic carbocycles. The maximum atomic E-state index is 11.3. The number of nitrogens with zero attached hydrogens (tertiary/aromatic N) is 5. The third kappa shape index (κ3) is 5.39. The van der Waals surface area contributed by atoms with E-state index in [2.05, 4.69) is 47.9 Å². The number of rotatable bonds is 4. The van der Waals surface area contributed by atoms with E-state index in [-0.39, 0.29) is 42.8 Å². The van der Waals surface area contributed by atoms with Gasteiger partial charge in [0.2, 0.25) is 5.27 Å². The molecule has 0 bridgehead atoms. The van der Waals surface area contributed by atoms with Crippen LogP contribution < -0.4 is 14.9 Å². The van der Waals surface area contributed by atoms with E-state index in [0.29, 0.717) is 6.04 Å². The lowest BCUT2D eigenvalue weighted by Crippen LogP contribution is -2.74. The Morgan fingerprint density at radius 1 is 1.46 bits per heavy atom. The average molecular weight is 384 g/mol. The lowest BCUT2D eigenvalue weighted by atomic mass is 10.00. The standard InChI is InChI=1S/C14H25N5O3.2ClH/c1-6-21-13(20)15-12-9-19(16-22-12)18-8-7-17(11(2)3)10-14(18,4)5;;/h9,11H,6-8,10H2,1-5H3;2*1H. The van der Waals surface area contributed by atoms with Gasteiger partial charge in [-0.2, -0.15) is 4.99 Å². The van der Waals surface area contributed by atoms with Crippen molar-refractivity contribution < 1.29 is 19.2 Å². The normalized spacial score (nSPS) is 18.1. The molecular formula is C14H27Cl2N5O3. The van der Waals surface area contributed by atoms with Crippen molar-refractivity contribution in [2.75, 3.05) is 31.3 Å². The molecule has 0 unspecified atom stereocenters. The first kappa shape index (κ1) is 22.8. The van der Waals surface area contributed by atoms with Crippen LogP contribution in [-0.2, 0) is 4.74 Å². The second kappa shape index (κ2) is 9.29. The molecule has 24 heavy (non-hydrogen) atoms. The fourth-order valence-corrected chi connectivity index (χ4v) is 2.64. The minimum atomic E-state index is -0.672. The molecular weight excluding hydrogens is 357 g/mol. The molecule has 0 atom stereocenters. The van der Waals surface area contributed by atoms with Gasteiger partial charge in [-0.1, -0.05) is 6.92 Å². The van der Waals surface area contributed by atoms with Crippen molar-refractivity contribution in [2.45, 2.75) is 46.2 Å². The first-order chi connectivity index (χ1) is 10.3. The SMILES string of the molecule is CCOC([O-])=Nc1c[n+](N2CCN(C(C)C)CC2(C)C)no1.Cl.Cl. The summed E-state index contributed by atoms with van der Waals surface area (Å²) < 4.78 is 9.85. The smallest absolute Gasteiger partial charge is 0.326 e. The van der Waals surface area contributed by atoms with Gasteiger partial charge in [0.1, 0.15) is 5.54 Å². The Balaban J connectivity index is 0.00000264. The molecule has 1 aromatic heterocycles. The Hall–Kier alpha value is -1.25. The van der Waals surface area contributed by atoms with Gasteiger partial charge in [0.05, 0.1) is 11.3 Å². The van der Waals surface area contributed by atoms with Crippen LogP contribution in [0.3, 0.4) is 0 Å². The zero-order valence-corrected chi connectivity index (χ0v) is 16.4. The summed E-state index contributed by atoms with van der Waals surface area (Å²) in [4.78, 5) is 7.76. The Kier molecular flexibility index (Phi) is 8.81. The van der Waals surface area contributed by atoms with Crippen molar-refractivity contribution in [3.05, 3.63) is 6.20 Å². The van der Waals surface area contributed by atoms with Gasteiger partial charge in [-0.15, -0.1) is 29.8 Å². The van der Waals surface area contributed by atoms with Crippen LogP contribution in [0.15, 0.2) is 15.7 Å². The largest absolute Gasteiger partial charge is 0.600 e. The molecule has 1 saturated heterocycles. The minimum absolute atomic E-state index is 0.